The number of hydrogen-bond donors (Lipinski definition) is 3. The molecule has 3 saturated heterocycles. The van der Waals surface area contributed by atoms with E-state index in [2.05, 4.69) is 33.5 Å². The molecule has 0 radical (unpaired) electrons. The third-order valence-corrected chi connectivity index (χ3v) is 11.0. The number of hydrogen-bond acceptors (Lipinski definition) is 5. The minimum absolute atomic E-state index is 0.0512. The second-order valence-electron chi connectivity index (χ2n) is 10.2. The van der Waals surface area contributed by atoms with Gasteiger partial charge in [-0.3, -0.25) is 14.4 Å². The van der Waals surface area contributed by atoms with Crippen LogP contribution in [-0.2, 0) is 14.4 Å². The molecule has 36 heavy (non-hydrogen) atoms. The van der Waals surface area contributed by atoms with Crippen molar-refractivity contribution in [2.75, 3.05) is 25.0 Å². The second-order valence-corrected chi connectivity index (χ2v) is 12.9. The summed E-state index contributed by atoms with van der Waals surface area (Å²) in [5, 5.41) is 15.2. The number of amides is 3. The highest BCUT2D eigenvalue weighted by atomic mass is 79.9. The number of carbonyl (C=O) groups excluding carboxylic acids is 3. The van der Waals surface area contributed by atoms with E-state index in [4.69, 9.17) is 5.11 Å². The van der Waals surface area contributed by atoms with Crippen molar-refractivity contribution in [1.29, 1.82) is 0 Å². The average molecular weight is 581 g/mol. The number of aliphatic hydroxyl groups excluding tert-OH is 1. The average Bonchev–Trinajstić information content (AvgIpc) is 3.45. The maximum absolute atomic E-state index is 14.0. The van der Waals surface area contributed by atoms with Crippen molar-refractivity contribution in [2.45, 2.75) is 79.2 Å². The lowest BCUT2D eigenvalue weighted by molar-refractivity contribution is -0.139. The van der Waals surface area contributed by atoms with E-state index in [1.807, 2.05) is 30.3 Å². The number of likely N-dealkylation sites (tertiary alicyclic amines) is 1. The highest BCUT2D eigenvalue weighted by molar-refractivity contribution is 9.09. The van der Waals surface area contributed by atoms with E-state index in [-0.39, 0.29) is 34.4 Å². The Morgan fingerprint density at radius 3 is 2.58 bits per heavy atom. The van der Waals surface area contributed by atoms with E-state index in [1.165, 1.54) is 0 Å². The molecule has 2 bridgehead atoms. The Labute approximate surface area is 226 Å². The van der Waals surface area contributed by atoms with Gasteiger partial charge in [0, 0.05) is 35.5 Å². The van der Waals surface area contributed by atoms with Gasteiger partial charge in [0.15, 0.2) is 0 Å². The molecule has 1 aromatic rings. The van der Waals surface area contributed by atoms with Crippen molar-refractivity contribution in [2.24, 2.45) is 11.8 Å². The monoisotopic (exact) mass is 579 g/mol. The Kier molecular flexibility index (Phi) is 9.39. The number of rotatable bonds is 13. The van der Waals surface area contributed by atoms with E-state index < -0.39 is 22.6 Å². The van der Waals surface area contributed by atoms with Crippen LogP contribution in [0.3, 0.4) is 0 Å². The SMILES string of the molecule is CCCCCNC(=O)C1N(CCCCCCO)C(=O)[C@@H]2[C@@H](C(=O)Nc3ccccc3)[C@@H]3SC12CC3Br. The van der Waals surface area contributed by atoms with Gasteiger partial charge in [-0.25, -0.2) is 0 Å². The summed E-state index contributed by atoms with van der Waals surface area (Å²) in [6.45, 7) is 3.40. The number of thioether (sulfide) groups is 1. The van der Waals surface area contributed by atoms with Crippen molar-refractivity contribution in [1.82, 2.24) is 10.2 Å². The van der Waals surface area contributed by atoms with Crippen LogP contribution in [0.25, 0.3) is 0 Å². The molecule has 7 nitrogen and oxygen atoms in total. The molecule has 3 fully saturated rings. The molecule has 3 aliphatic heterocycles. The van der Waals surface area contributed by atoms with Crippen LogP contribution in [0.15, 0.2) is 30.3 Å². The molecular weight excluding hydrogens is 542 g/mol. The molecule has 1 aromatic carbocycles. The van der Waals surface area contributed by atoms with Crippen LogP contribution in [0.5, 0.6) is 0 Å². The third-order valence-electron chi connectivity index (χ3n) is 7.77. The Hall–Kier alpha value is -1.58. The Morgan fingerprint density at radius 2 is 1.86 bits per heavy atom. The Bertz CT molecular complexity index is 935. The van der Waals surface area contributed by atoms with Crippen LogP contribution in [-0.4, -0.2) is 68.3 Å². The van der Waals surface area contributed by atoms with Gasteiger partial charge in [-0.15, -0.1) is 11.8 Å². The van der Waals surface area contributed by atoms with E-state index in [1.54, 1.807) is 16.7 Å². The first-order chi connectivity index (χ1) is 17.4. The fourth-order valence-electron chi connectivity index (χ4n) is 6.15. The molecule has 3 amide bonds. The molecule has 0 saturated carbocycles. The van der Waals surface area contributed by atoms with E-state index in [0.29, 0.717) is 25.2 Å². The number of para-hydroxylation sites is 1. The third kappa shape index (κ3) is 5.34. The van der Waals surface area contributed by atoms with Crippen molar-refractivity contribution >= 4 is 51.1 Å². The van der Waals surface area contributed by atoms with Gasteiger partial charge in [-0.1, -0.05) is 66.7 Å². The summed E-state index contributed by atoms with van der Waals surface area (Å²) >= 11 is 5.48. The van der Waals surface area contributed by atoms with Crippen molar-refractivity contribution in [3.8, 4) is 0 Å². The highest BCUT2D eigenvalue weighted by Gasteiger charge is 2.75. The van der Waals surface area contributed by atoms with Gasteiger partial charge >= 0.3 is 0 Å². The molecule has 3 aliphatic rings. The van der Waals surface area contributed by atoms with Crippen LogP contribution >= 0.6 is 27.7 Å². The molecule has 3 unspecified atom stereocenters. The number of nitrogens with zero attached hydrogens (tertiary/aromatic N) is 1. The number of nitrogens with one attached hydrogen (secondary N) is 2. The van der Waals surface area contributed by atoms with Gasteiger partial charge in [0.1, 0.15) is 6.04 Å². The van der Waals surface area contributed by atoms with E-state index in [9.17, 15) is 14.4 Å². The number of fused-ring (bicyclic) bond motifs is 1. The summed E-state index contributed by atoms with van der Waals surface area (Å²) in [4.78, 5) is 43.0. The van der Waals surface area contributed by atoms with Gasteiger partial charge in [0.2, 0.25) is 17.7 Å². The lowest BCUT2D eigenvalue weighted by Crippen LogP contribution is -2.54. The largest absolute Gasteiger partial charge is 0.396 e. The molecular formula is C27H38BrN3O4S. The summed E-state index contributed by atoms with van der Waals surface area (Å²) in [5.41, 5.74) is 0.715. The topological polar surface area (TPSA) is 98.7 Å². The Balaban J connectivity index is 1.58. The molecule has 9 heteroatoms. The van der Waals surface area contributed by atoms with Crippen LogP contribution in [0, 0.1) is 11.8 Å². The van der Waals surface area contributed by atoms with E-state index >= 15 is 0 Å². The standard InChI is InChI=1S/C27H38BrN3O4S/c1-2-3-9-14-29-25(34)23-27-17-19(28)22(36-27)20(24(33)30-18-12-7-6-8-13-18)21(27)26(35)31(23)15-10-4-5-11-16-32/h6-8,12-13,19-23,32H,2-5,9-11,14-17H2,1H3,(H,29,34)(H,30,33)/t19?,20-,21+,22-,23?,27?/m1/s1. The number of carbonyl (C=O) groups is 3. The van der Waals surface area contributed by atoms with Gasteiger partial charge in [-0.05, 0) is 37.8 Å². The molecule has 6 atom stereocenters. The number of alkyl halides is 1. The summed E-state index contributed by atoms with van der Waals surface area (Å²) < 4.78 is -0.603. The van der Waals surface area contributed by atoms with Gasteiger partial charge < -0.3 is 20.6 Å². The van der Waals surface area contributed by atoms with Crippen molar-refractivity contribution < 1.29 is 19.5 Å². The number of halogens is 1. The fourth-order valence-corrected chi connectivity index (χ4v) is 9.76. The minimum atomic E-state index is -0.603. The fraction of sp³-hybridized carbons (Fsp3) is 0.667. The second kappa shape index (κ2) is 12.3. The first-order valence-electron chi connectivity index (χ1n) is 13.3. The lowest BCUT2D eigenvalue weighted by Gasteiger charge is -2.35. The normalized spacial score (nSPS) is 30.5. The zero-order valence-corrected chi connectivity index (χ0v) is 23.4. The van der Waals surface area contributed by atoms with E-state index in [0.717, 1.165) is 44.9 Å². The molecule has 0 aromatic heterocycles. The molecule has 198 valence electrons. The highest BCUT2D eigenvalue weighted by Crippen LogP contribution is 2.67. The molecule has 3 N–H and O–H groups in total. The summed E-state index contributed by atoms with van der Waals surface area (Å²) in [6, 6.07) is 8.77. The maximum Gasteiger partial charge on any atom is 0.244 e. The van der Waals surface area contributed by atoms with Crippen LogP contribution < -0.4 is 10.6 Å². The maximum atomic E-state index is 14.0. The van der Waals surface area contributed by atoms with Gasteiger partial charge in [0.25, 0.3) is 0 Å². The molecule has 0 aliphatic carbocycles. The zero-order chi connectivity index (χ0) is 25.7. The van der Waals surface area contributed by atoms with Crippen molar-refractivity contribution in [3.05, 3.63) is 30.3 Å². The summed E-state index contributed by atoms with van der Waals surface area (Å²) in [7, 11) is 0. The quantitative estimate of drug-likeness (QED) is 0.243. The number of anilines is 1. The van der Waals surface area contributed by atoms with Gasteiger partial charge in [0.05, 0.1) is 16.6 Å². The van der Waals surface area contributed by atoms with Crippen LogP contribution in [0.4, 0.5) is 5.69 Å². The molecule has 3 heterocycles. The smallest absolute Gasteiger partial charge is 0.244 e. The minimum Gasteiger partial charge on any atom is -0.396 e. The number of benzene rings is 1. The van der Waals surface area contributed by atoms with Crippen LogP contribution in [0.2, 0.25) is 0 Å². The predicted octanol–water partition coefficient (Wildman–Crippen LogP) is 3.95. The Morgan fingerprint density at radius 1 is 1.11 bits per heavy atom. The van der Waals surface area contributed by atoms with Gasteiger partial charge in [-0.2, -0.15) is 0 Å². The first-order valence-corrected chi connectivity index (χ1v) is 15.1. The molecule has 4 rings (SSSR count). The summed E-state index contributed by atoms with van der Waals surface area (Å²) in [5.74, 6) is -1.29. The number of aliphatic hydroxyl groups is 1. The van der Waals surface area contributed by atoms with Crippen LogP contribution in [0.1, 0.15) is 58.3 Å². The molecule has 1 spiro atoms. The first kappa shape index (κ1) is 27.5. The predicted molar refractivity (Wildman–Crippen MR) is 147 cm³/mol. The zero-order valence-electron chi connectivity index (χ0n) is 21.0. The van der Waals surface area contributed by atoms with Crippen molar-refractivity contribution in [3.63, 3.8) is 0 Å². The number of unbranched alkanes of at least 4 members (excludes halogenated alkanes) is 5. The summed E-state index contributed by atoms with van der Waals surface area (Å²) in [6.07, 6.45) is 7.04. The lowest BCUT2D eigenvalue weighted by atomic mass is 9.70.